The second-order valence-corrected chi connectivity index (χ2v) is 3.77. The lowest BCUT2D eigenvalue weighted by molar-refractivity contribution is 0.225. The van der Waals surface area contributed by atoms with Crippen LogP contribution in [0.5, 0.6) is 5.75 Å². The Hall–Kier alpha value is -1.06. The molecule has 0 aliphatic carbocycles. The van der Waals surface area contributed by atoms with E-state index in [0.717, 1.165) is 18.7 Å². The number of benzene rings is 1. The molecule has 0 aromatic heterocycles. The van der Waals surface area contributed by atoms with Crippen LogP contribution in [0.15, 0.2) is 24.3 Å². The molecule has 1 heterocycles. The van der Waals surface area contributed by atoms with Crippen LogP contribution < -0.4 is 5.32 Å². The molecule has 0 unspecified atom stereocenters. The summed E-state index contributed by atoms with van der Waals surface area (Å²) in [6.45, 7) is 1.84. The van der Waals surface area contributed by atoms with Crippen LogP contribution in [0.3, 0.4) is 0 Å². The Morgan fingerprint density at radius 1 is 1.29 bits per heavy atom. The number of hydrogen-bond acceptors (Lipinski definition) is 3. The molecule has 14 heavy (non-hydrogen) atoms. The van der Waals surface area contributed by atoms with Crippen LogP contribution in [0, 0.1) is 5.92 Å². The second-order valence-electron chi connectivity index (χ2n) is 3.77. The third-order valence-corrected chi connectivity index (χ3v) is 2.91. The van der Waals surface area contributed by atoms with Gasteiger partial charge in [0.1, 0.15) is 5.75 Å². The van der Waals surface area contributed by atoms with E-state index in [-0.39, 0.29) is 18.4 Å². The predicted molar refractivity (Wildman–Crippen MR) is 54.3 cm³/mol. The minimum absolute atomic E-state index is 0.173. The summed E-state index contributed by atoms with van der Waals surface area (Å²) in [6, 6.07) is 7.36. The van der Waals surface area contributed by atoms with Crippen molar-refractivity contribution in [1.29, 1.82) is 0 Å². The van der Waals surface area contributed by atoms with Crippen molar-refractivity contribution < 1.29 is 10.2 Å². The van der Waals surface area contributed by atoms with E-state index in [1.54, 1.807) is 6.07 Å². The number of aliphatic hydroxyl groups excluding tert-OH is 1. The molecule has 1 aliphatic rings. The Labute approximate surface area is 83.4 Å². The lowest BCUT2D eigenvalue weighted by Gasteiger charge is -2.17. The van der Waals surface area contributed by atoms with Crippen molar-refractivity contribution in [3.63, 3.8) is 0 Å². The van der Waals surface area contributed by atoms with Crippen molar-refractivity contribution in [3.05, 3.63) is 29.8 Å². The van der Waals surface area contributed by atoms with Gasteiger partial charge in [-0.3, -0.25) is 0 Å². The predicted octanol–water partition coefficient (Wildman–Crippen LogP) is 0.687. The van der Waals surface area contributed by atoms with Crippen LogP contribution in [0.1, 0.15) is 11.5 Å². The molecule has 2 atom stereocenters. The van der Waals surface area contributed by atoms with Gasteiger partial charge in [-0.2, -0.15) is 0 Å². The van der Waals surface area contributed by atoms with Crippen molar-refractivity contribution in [3.8, 4) is 5.75 Å². The lowest BCUT2D eigenvalue weighted by atomic mass is 9.89. The van der Waals surface area contributed by atoms with Gasteiger partial charge in [-0.25, -0.2) is 0 Å². The fourth-order valence-corrected chi connectivity index (χ4v) is 2.09. The Morgan fingerprint density at radius 3 is 2.79 bits per heavy atom. The second kappa shape index (κ2) is 3.98. The number of phenolic OH excluding ortho intramolecular Hbond substituents is 1. The molecular formula is C11H15NO2. The van der Waals surface area contributed by atoms with Gasteiger partial charge in [-0.1, -0.05) is 18.2 Å². The first-order valence-electron chi connectivity index (χ1n) is 4.92. The van der Waals surface area contributed by atoms with Crippen LogP contribution in [0.4, 0.5) is 0 Å². The largest absolute Gasteiger partial charge is 0.508 e. The first-order chi connectivity index (χ1) is 6.83. The maximum absolute atomic E-state index is 9.67. The molecule has 1 fully saturated rings. The van der Waals surface area contributed by atoms with Gasteiger partial charge in [-0.05, 0) is 11.6 Å². The average Bonchev–Trinajstić information content (AvgIpc) is 2.66. The zero-order chi connectivity index (χ0) is 9.97. The van der Waals surface area contributed by atoms with Crippen LogP contribution in [-0.4, -0.2) is 29.9 Å². The Kier molecular flexibility index (Phi) is 2.70. The van der Waals surface area contributed by atoms with E-state index in [0.29, 0.717) is 5.75 Å². The summed E-state index contributed by atoms with van der Waals surface area (Å²) < 4.78 is 0. The van der Waals surface area contributed by atoms with Gasteiger partial charge >= 0.3 is 0 Å². The molecule has 1 aromatic rings. The Bertz CT molecular complexity index is 314. The van der Waals surface area contributed by atoms with Gasteiger partial charge in [0.05, 0.1) is 0 Å². The van der Waals surface area contributed by atoms with Crippen molar-refractivity contribution in [2.45, 2.75) is 5.92 Å². The summed E-state index contributed by atoms with van der Waals surface area (Å²) in [4.78, 5) is 0. The Morgan fingerprint density at radius 2 is 2.07 bits per heavy atom. The summed E-state index contributed by atoms with van der Waals surface area (Å²) in [7, 11) is 0. The topological polar surface area (TPSA) is 52.5 Å². The van der Waals surface area contributed by atoms with Gasteiger partial charge in [0, 0.05) is 31.5 Å². The fourth-order valence-electron chi connectivity index (χ4n) is 2.09. The summed E-state index contributed by atoms with van der Waals surface area (Å²) >= 11 is 0. The van der Waals surface area contributed by atoms with Crippen molar-refractivity contribution in [2.75, 3.05) is 19.7 Å². The van der Waals surface area contributed by atoms with Gasteiger partial charge in [-0.15, -0.1) is 0 Å². The van der Waals surface area contributed by atoms with Gasteiger partial charge in [0.25, 0.3) is 0 Å². The molecule has 76 valence electrons. The Balaban J connectivity index is 2.26. The maximum Gasteiger partial charge on any atom is 0.119 e. The third kappa shape index (κ3) is 1.61. The van der Waals surface area contributed by atoms with Crippen LogP contribution in [-0.2, 0) is 0 Å². The molecule has 1 aliphatic heterocycles. The quantitative estimate of drug-likeness (QED) is 0.647. The van der Waals surface area contributed by atoms with Crippen LogP contribution >= 0.6 is 0 Å². The standard InChI is InChI=1S/C11H15NO2/c13-7-8-5-12-6-10(8)9-3-1-2-4-11(9)14/h1-4,8,10,12-14H,5-7H2/t8-,10-/m1/s1. The summed E-state index contributed by atoms with van der Waals surface area (Å²) in [6.07, 6.45) is 0. The molecule has 1 saturated heterocycles. The normalized spacial score (nSPS) is 26.6. The van der Waals surface area contributed by atoms with E-state index in [2.05, 4.69) is 5.32 Å². The summed E-state index contributed by atoms with van der Waals surface area (Å²) in [5.74, 6) is 0.796. The molecular weight excluding hydrogens is 178 g/mol. The first-order valence-corrected chi connectivity index (χ1v) is 4.92. The average molecular weight is 193 g/mol. The molecule has 0 bridgehead atoms. The fraction of sp³-hybridized carbons (Fsp3) is 0.455. The summed E-state index contributed by atoms with van der Waals surface area (Å²) in [5.41, 5.74) is 0.941. The minimum atomic E-state index is 0.173. The van der Waals surface area contributed by atoms with Crippen molar-refractivity contribution in [2.24, 2.45) is 5.92 Å². The highest BCUT2D eigenvalue weighted by atomic mass is 16.3. The van der Waals surface area contributed by atoms with E-state index < -0.39 is 0 Å². The highest BCUT2D eigenvalue weighted by Gasteiger charge is 2.29. The molecule has 3 N–H and O–H groups in total. The first kappa shape index (κ1) is 9.49. The van der Waals surface area contributed by atoms with E-state index in [9.17, 15) is 5.11 Å². The highest BCUT2D eigenvalue weighted by Crippen LogP contribution is 2.33. The van der Waals surface area contributed by atoms with E-state index in [4.69, 9.17) is 5.11 Å². The SMILES string of the molecule is OC[C@H]1CNC[C@H]1c1ccccc1O. The number of rotatable bonds is 2. The molecule has 3 nitrogen and oxygen atoms in total. The van der Waals surface area contributed by atoms with Crippen molar-refractivity contribution >= 4 is 0 Å². The number of phenols is 1. The van der Waals surface area contributed by atoms with Gasteiger partial charge in [0.2, 0.25) is 0 Å². The van der Waals surface area contributed by atoms with E-state index in [1.165, 1.54) is 0 Å². The number of hydrogen-bond donors (Lipinski definition) is 3. The number of para-hydroxylation sites is 1. The minimum Gasteiger partial charge on any atom is -0.508 e. The number of aromatic hydroxyl groups is 1. The molecule has 0 amide bonds. The van der Waals surface area contributed by atoms with Crippen LogP contribution in [0.2, 0.25) is 0 Å². The number of aliphatic hydroxyl groups is 1. The van der Waals surface area contributed by atoms with Gasteiger partial charge in [0.15, 0.2) is 0 Å². The summed E-state index contributed by atoms with van der Waals surface area (Å²) in [5, 5.41) is 22.1. The zero-order valence-corrected chi connectivity index (χ0v) is 7.98. The highest BCUT2D eigenvalue weighted by molar-refractivity contribution is 5.36. The molecule has 0 saturated carbocycles. The molecule has 0 spiro atoms. The zero-order valence-electron chi connectivity index (χ0n) is 7.98. The third-order valence-electron chi connectivity index (χ3n) is 2.91. The molecule has 1 aromatic carbocycles. The van der Waals surface area contributed by atoms with Crippen LogP contribution in [0.25, 0.3) is 0 Å². The van der Waals surface area contributed by atoms with Gasteiger partial charge < -0.3 is 15.5 Å². The lowest BCUT2D eigenvalue weighted by Crippen LogP contribution is -2.14. The number of nitrogens with one attached hydrogen (secondary N) is 1. The molecule has 2 rings (SSSR count). The smallest absolute Gasteiger partial charge is 0.119 e. The van der Waals surface area contributed by atoms with Crippen molar-refractivity contribution in [1.82, 2.24) is 5.32 Å². The van der Waals surface area contributed by atoms with E-state index in [1.807, 2.05) is 18.2 Å². The molecule has 3 heteroatoms. The maximum atomic E-state index is 9.67. The van der Waals surface area contributed by atoms with E-state index >= 15 is 0 Å². The molecule has 0 radical (unpaired) electrons. The monoisotopic (exact) mass is 193 g/mol.